The van der Waals surface area contributed by atoms with Gasteiger partial charge in [-0.15, -0.1) is 0 Å². The molecule has 0 aromatic carbocycles. The van der Waals surface area contributed by atoms with E-state index in [2.05, 4.69) is 40.6 Å². The van der Waals surface area contributed by atoms with E-state index in [1.165, 1.54) is 6.20 Å². The molecule has 1 aliphatic heterocycles. The topological polar surface area (TPSA) is 75.0 Å². The van der Waals surface area contributed by atoms with E-state index >= 15 is 0 Å². The lowest BCUT2D eigenvalue weighted by Crippen LogP contribution is -2.53. The number of rotatable bonds is 7. The molecule has 1 unspecified atom stereocenters. The average molecular weight is 579 g/mol. The van der Waals surface area contributed by atoms with Crippen LogP contribution in [0.4, 0.5) is 13.6 Å². The van der Waals surface area contributed by atoms with Crippen LogP contribution in [0, 0.1) is 17.3 Å². The molecule has 34 heavy (non-hydrogen) atoms. The zero-order valence-corrected chi connectivity index (χ0v) is 24.2. The maximum Gasteiger partial charge on any atom is 0.415 e. The molecule has 0 spiro atoms. The lowest BCUT2D eigenvalue weighted by atomic mass is 9.87. The van der Waals surface area contributed by atoms with Gasteiger partial charge in [0.25, 0.3) is 0 Å². The SMILES string of the molecule is CC(C)(C)C(OCC[Si](C)(C)C)N(C(=O)O)C1=N[C@](C)(c2cc(Br)cnc2F)[C@@H]2C[C@]2(CF)S1. The van der Waals surface area contributed by atoms with Crippen LogP contribution < -0.4 is 0 Å². The highest BCUT2D eigenvalue weighted by atomic mass is 79.9. The molecule has 1 amide bonds. The summed E-state index contributed by atoms with van der Waals surface area (Å²) >= 11 is 4.46. The Kier molecular flexibility index (Phi) is 7.65. The van der Waals surface area contributed by atoms with Crippen LogP contribution in [0.25, 0.3) is 0 Å². The normalized spacial score (nSPS) is 27.6. The highest BCUT2D eigenvalue weighted by Gasteiger charge is 2.68. The lowest BCUT2D eigenvalue weighted by molar-refractivity contribution is -0.0761. The van der Waals surface area contributed by atoms with Crippen LogP contribution >= 0.6 is 27.7 Å². The quantitative estimate of drug-likeness (QED) is 0.221. The Labute approximate surface area is 214 Å². The van der Waals surface area contributed by atoms with Crippen LogP contribution in [-0.2, 0) is 10.3 Å². The Bertz CT molecular complexity index is 987. The molecule has 1 aromatic rings. The minimum absolute atomic E-state index is 0.133. The van der Waals surface area contributed by atoms with Gasteiger partial charge in [-0.25, -0.2) is 19.1 Å². The van der Waals surface area contributed by atoms with E-state index in [1.807, 2.05) is 20.8 Å². The zero-order chi connectivity index (χ0) is 25.7. The molecule has 4 atom stereocenters. The smallest absolute Gasteiger partial charge is 0.415 e. The van der Waals surface area contributed by atoms with Gasteiger partial charge < -0.3 is 9.84 Å². The van der Waals surface area contributed by atoms with Gasteiger partial charge in [0.05, 0.1) is 10.3 Å². The first-order valence-corrected chi connectivity index (χ1v) is 16.7. The number of aliphatic imine (C=N–C) groups is 1. The molecule has 1 aliphatic carbocycles. The molecule has 1 aromatic heterocycles. The molecule has 190 valence electrons. The Morgan fingerprint density at radius 1 is 1.44 bits per heavy atom. The number of hydrogen-bond donors (Lipinski definition) is 1. The van der Waals surface area contributed by atoms with Gasteiger partial charge in [0, 0.05) is 42.2 Å². The fourth-order valence-electron chi connectivity index (χ4n) is 4.37. The summed E-state index contributed by atoms with van der Waals surface area (Å²) in [7, 11) is -1.41. The lowest BCUT2D eigenvalue weighted by Gasteiger charge is -2.42. The summed E-state index contributed by atoms with van der Waals surface area (Å²) in [6.07, 6.45) is -0.254. The van der Waals surface area contributed by atoms with Gasteiger partial charge in [-0.05, 0) is 41.4 Å². The number of amides is 1. The number of carboxylic acid groups (broad SMARTS) is 1. The largest absolute Gasteiger partial charge is 0.465 e. The summed E-state index contributed by atoms with van der Waals surface area (Å²) < 4.78 is 35.2. The number of halogens is 3. The maximum atomic E-state index is 14.9. The fraction of sp³-hybridized carbons (Fsp3) is 0.696. The number of nitrogens with zero attached hydrogens (tertiary/aromatic N) is 3. The van der Waals surface area contributed by atoms with E-state index in [0.717, 1.165) is 22.7 Å². The zero-order valence-electron chi connectivity index (χ0n) is 20.8. The number of aromatic nitrogens is 1. The third-order valence-electron chi connectivity index (χ3n) is 6.42. The monoisotopic (exact) mass is 577 g/mol. The van der Waals surface area contributed by atoms with Crippen molar-refractivity contribution in [1.82, 2.24) is 9.88 Å². The number of hydrogen-bond acceptors (Lipinski definition) is 5. The van der Waals surface area contributed by atoms with Crippen molar-refractivity contribution >= 4 is 47.0 Å². The van der Waals surface area contributed by atoms with Crippen molar-refractivity contribution in [2.24, 2.45) is 16.3 Å². The summed E-state index contributed by atoms with van der Waals surface area (Å²) in [4.78, 5) is 22.3. The molecule has 1 fully saturated rings. The first-order chi connectivity index (χ1) is 15.5. The highest BCUT2D eigenvalue weighted by molar-refractivity contribution is 9.10. The van der Waals surface area contributed by atoms with E-state index in [9.17, 15) is 18.7 Å². The van der Waals surface area contributed by atoms with E-state index in [1.54, 1.807) is 13.0 Å². The first-order valence-electron chi connectivity index (χ1n) is 11.3. The van der Waals surface area contributed by atoms with Crippen molar-refractivity contribution in [3.63, 3.8) is 0 Å². The summed E-state index contributed by atoms with van der Waals surface area (Å²) in [5.41, 5.74) is -1.53. The third kappa shape index (κ3) is 5.52. The van der Waals surface area contributed by atoms with Crippen molar-refractivity contribution in [2.45, 2.75) is 76.3 Å². The molecular formula is C23H34BrF2N3O3SSi. The number of carbonyl (C=O) groups is 1. The van der Waals surface area contributed by atoms with Gasteiger partial charge in [0.15, 0.2) is 5.17 Å². The Balaban J connectivity index is 2.08. The van der Waals surface area contributed by atoms with Gasteiger partial charge in [0.1, 0.15) is 12.9 Å². The van der Waals surface area contributed by atoms with Crippen LogP contribution in [0.2, 0.25) is 25.7 Å². The number of fused-ring (bicyclic) bond motifs is 1. The second-order valence-corrected chi connectivity index (χ2v) is 19.6. The van der Waals surface area contributed by atoms with Crippen LogP contribution in [-0.4, -0.2) is 58.6 Å². The number of ether oxygens (including phenoxy) is 1. The second kappa shape index (κ2) is 9.44. The maximum absolute atomic E-state index is 14.9. The molecule has 2 heterocycles. The molecule has 2 aliphatic rings. The van der Waals surface area contributed by atoms with Gasteiger partial charge in [-0.1, -0.05) is 52.2 Å². The molecular weight excluding hydrogens is 544 g/mol. The molecule has 1 N–H and O–H groups in total. The highest BCUT2D eigenvalue weighted by Crippen LogP contribution is 2.66. The molecule has 6 nitrogen and oxygen atoms in total. The summed E-state index contributed by atoms with van der Waals surface area (Å²) in [5.74, 6) is -0.970. The van der Waals surface area contributed by atoms with Gasteiger partial charge >= 0.3 is 6.09 Å². The summed E-state index contributed by atoms with van der Waals surface area (Å²) in [5, 5.41) is 10.4. The Hall–Kier alpha value is -1.04. The third-order valence-corrected chi connectivity index (χ3v) is 9.99. The van der Waals surface area contributed by atoms with Crippen molar-refractivity contribution < 1.29 is 23.4 Å². The number of thioether (sulfide) groups is 1. The van der Waals surface area contributed by atoms with Crippen molar-refractivity contribution in [3.05, 3.63) is 28.2 Å². The summed E-state index contributed by atoms with van der Waals surface area (Å²) in [6.45, 7) is 13.9. The molecule has 0 saturated heterocycles. The van der Waals surface area contributed by atoms with Gasteiger partial charge in [-0.2, -0.15) is 4.39 Å². The van der Waals surface area contributed by atoms with Gasteiger partial charge in [-0.3, -0.25) is 4.99 Å². The Morgan fingerprint density at radius 3 is 2.62 bits per heavy atom. The van der Waals surface area contributed by atoms with Gasteiger partial charge in [0.2, 0.25) is 5.95 Å². The van der Waals surface area contributed by atoms with E-state index in [4.69, 9.17) is 9.73 Å². The molecule has 1 saturated carbocycles. The molecule has 3 rings (SSSR count). The van der Waals surface area contributed by atoms with E-state index in [-0.39, 0.29) is 16.6 Å². The van der Waals surface area contributed by atoms with E-state index < -0.39 is 48.7 Å². The Morgan fingerprint density at radius 2 is 2.09 bits per heavy atom. The molecule has 11 heteroatoms. The standard InChI is InChI=1S/C23H34BrF2N3O3SSi/c1-21(2,3)18(32-8-9-34(5,6)7)29(20(30)31)19-28-22(4,16-11-23(16,13-25)33-19)15-10-14(24)12-27-17(15)26/h10,12,16,18H,8-9,11,13H2,1-7H3,(H,30,31)/t16-,18?,22+,23+/m0/s1. The van der Waals surface area contributed by atoms with Crippen LogP contribution in [0.3, 0.4) is 0 Å². The number of amidine groups is 1. The van der Waals surface area contributed by atoms with E-state index in [0.29, 0.717) is 17.5 Å². The van der Waals surface area contributed by atoms with Crippen molar-refractivity contribution in [3.8, 4) is 0 Å². The number of alkyl halides is 1. The number of pyridine rings is 1. The molecule has 0 radical (unpaired) electrons. The predicted molar refractivity (Wildman–Crippen MR) is 138 cm³/mol. The predicted octanol–water partition coefficient (Wildman–Crippen LogP) is 6.74. The average Bonchev–Trinajstić information content (AvgIpc) is 3.43. The minimum Gasteiger partial charge on any atom is -0.465 e. The first kappa shape index (κ1) is 27.5. The fourth-order valence-corrected chi connectivity index (χ4v) is 6.97. The van der Waals surface area contributed by atoms with Crippen LogP contribution in [0.1, 0.15) is 39.7 Å². The minimum atomic E-state index is -1.41. The van der Waals surface area contributed by atoms with Crippen molar-refractivity contribution in [2.75, 3.05) is 13.3 Å². The van der Waals surface area contributed by atoms with Crippen LogP contribution in [0.5, 0.6) is 0 Å². The van der Waals surface area contributed by atoms with Crippen LogP contribution in [0.15, 0.2) is 21.7 Å². The second-order valence-electron chi connectivity index (χ2n) is 11.6. The van der Waals surface area contributed by atoms with Crippen molar-refractivity contribution in [1.29, 1.82) is 0 Å². The molecule has 0 bridgehead atoms. The summed E-state index contributed by atoms with van der Waals surface area (Å²) in [6, 6.07) is 2.47.